The first-order valence-corrected chi connectivity index (χ1v) is 7.84. The Balaban J connectivity index is 0.000000345. The molecule has 146 valence electrons. The highest BCUT2D eigenvalue weighted by Gasteiger charge is 2.38. The van der Waals surface area contributed by atoms with E-state index in [0.717, 1.165) is 22.4 Å². The molecule has 0 aliphatic heterocycles. The lowest BCUT2D eigenvalue weighted by Crippen LogP contribution is -2.21. The largest absolute Gasteiger partial charge is 0.490 e. The Kier molecular flexibility index (Phi) is 6.24. The van der Waals surface area contributed by atoms with Gasteiger partial charge in [-0.15, -0.1) is 0 Å². The van der Waals surface area contributed by atoms with Crippen molar-refractivity contribution in [1.82, 2.24) is 15.0 Å². The standard InChI is InChI=1S/C16H14N4O.C2HF3O2/c1-10-11(2)19-15-9-12(3-4-14(15)18-10)16(21)20-13-5-7-17-8-6-13;3-2(4,5)1(6)7/h3-9H,1-2H3,(H,17,20,21);(H,6,7). The van der Waals surface area contributed by atoms with E-state index in [4.69, 9.17) is 9.90 Å². The van der Waals surface area contributed by atoms with Gasteiger partial charge < -0.3 is 10.4 Å². The maximum absolute atomic E-state index is 12.2. The van der Waals surface area contributed by atoms with E-state index in [0.29, 0.717) is 11.3 Å². The molecule has 0 saturated heterocycles. The minimum absolute atomic E-state index is 0.178. The molecule has 0 bridgehead atoms. The molecule has 3 aromatic rings. The van der Waals surface area contributed by atoms with Crippen molar-refractivity contribution in [2.75, 3.05) is 5.32 Å². The van der Waals surface area contributed by atoms with E-state index in [2.05, 4.69) is 20.3 Å². The van der Waals surface area contributed by atoms with Gasteiger partial charge >= 0.3 is 12.1 Å². The molecule has 0 aliphatic rings. The summed E-state index contributed by atoms with van der Waals surface area (Å²) in [6.45, 7) is 3.83. The zero-order valence-corrected chi connectivity index (χ0v) is 14.8. The number of halogens is 3. The van der Waals surface area contributed by atoms with Crippen LogP contribution in [0, 0.1) is 13.8 Å². The normalized spacial score (nSPS) is 10.8. The van der Waals surface area contributed by atoms with Crippen molar-refractivity contribution in [2.45, 2.75) is 20.0 Å². The van der Waals surface area contributed by atoms with Crippen molar-refractivity contribution < 1.29 is 27.9 Å². The Labute approximate surface area is 157 Å². The number of carbonyl (C=O) groups excluding carboxylic acids is 1. The number of aryl methyl sites for hydroxylation is 2. The van der Waals surface area contributed by atoms with E-state index in [1.165, 1.54) is 0 Å². The van der Waals surface area contributed by atoms with Gasteiger partial charge in [0.2, 0.25) is 0 Å². The third kappa shape index (κ3) is 5.47. The Morgan fingerprint density at radius 1 is 0.964 bits per heavy atom. The molecule has 2 aromatic heterocycles. The monoisotopic (exact) mass is 392 g/mol. The maximum Gasteiger partial charge on any atom is 0.490 e. The van der Waals surface area contributed by atoms with Crippen molar-refractivity contribution in [3.8, 4) is 0 Å². The number of rotatable bonds is 2. The van der Waals surface area contributed by atoms with E-state index < -0.39 is 12.1 Å². The van der Waals surface area contributed by atoms with Crippen LogP contribution in [0.1, 0.15) is 21.7 Å². The first kappa shape index (κ1) is 20.7. The number of fused-ring (bicyclic) bond motifs is 1. The lowest BCUT2D eigenvalue weighted by atomic mass is 10.1. The average molecular weight is 392 g/mol. The second-order valence-electron chi connectivity index (χ2n) is 5.59. The van der Waals surface area contributed by atoms with E-state index in [1.807, 2.05) is 19.9 Å². The first-order chi connectivity index (χ1) is 13.1. The van der Waals surface area contributed by atoms with E-state index in [1.54, 1.807) is 36.7 Å². The predicted molar refractivity (Wildman–Crippen MR) is 94.9 cm³/mol. The summed E-state index contributed by atoms with van der Waals surface area (Å²) in [5.41, 5.74) is 4.54. The summed E-state index contributed by atoms with van der Waals surface area (Å²) >= 11 is 0. The fourth-order valence-electron chi connectivity index (χ4n) is 2.01. The summed E-state index contributed by atoms with van der Waals surface area (Å²) in [4.78, 5) is 34.0. The lowest BCUT2D eigenvalue weighted by molar-refractivity contribution is -0.192. The topological polar surface area (TPSA) is 105 Å². The van der Waals surface area contributed by atoms with Gasteiger partial charge in [0.05, 0.1) is 22.4 Å². The molecule has 2 N–H and O–H groups in total. The predicted octanol–water partition coefficient (Wildman–Crippen LogP) is 3.53. The molecule has 0 aliphatic carbocycles. The Hall–Kier alpha value is -3.56. The van der Waals surface area contributed by atoms with Crippen LogP contribution in [0.25, 0.3) is 11.0 Å². The van der Waals surface area contributed by atoms with Crippen LogP contribution in [0.15, 0.2) is 42.7 Å². The molecule has 10 heteroatoms. The Morgan fingerprint density at radius 2 is 1.50 bits per heavy atom. The highest BCUT2D eigenvalue weighted by Crippen LogP contribution is 2.16. The number of pyridine rings is 1. The van der Waals surface area contributed by atoms with E-state index in [-0.39, 0.29) is 5.91 Å². The summed E-state index contributed by atoms with van der Waals surface area (Å²) in [5.74, 6) is -2.93. The van der Waals surface area contributed by atoms with Gasteiger partial charge in [-0.25, -0.2) is 14.8 Å². The minimum atomic E-state index is -5.08. The van der Waals surface area contributed by atoms with Crippen molar-refractivity contribution in [3.05, 3.63) is 59.7 Å². The molecule has 28 heavy (non-hydrogen) atoms. The fourth-order valence-corrected chi connectivity index (χ4v) is 2.01. The van der Waals surface area contributed by atoms with Gasteiger partial charge in [0.1, 0.15) is 0 Å². The van der Waals surface area contributed by atoms with Gasteiger partial charge in [0.25, 0.3) is 5.91 Å². The molecule has 1 amide bonds. The van der Waals surface area contributed by atoms with Crippen LogP contribution in [0.3, 0.4) is 0 Å². The number of anilines is 1. The summed E-state index contributed by atoms with van der Waals surface area (Å²) in [6.07, 6.45) is -1.82. The van der Waals surface area contributed by atoms with Crippen LogP contribution in [0.2, 0.25) is 0 Å². The molecule has 2 heterocycles. The molecule has 1 aromatic carbocycles. The molecule has 0 radical (unpaired) electrons. The summed E-state index contributed by atoms with van der Waals surface area (Å²) in [5, 5.41) is 9.95. The van der Waals surface area contributed by atoms with Gasteiger partial charge in [-0.05, 0) is 44.2 Å². The number of nitrogens with zero attached hydrogens (tertiary/aromatic N) is 3. The van der Waals surface area contributed by atoms with Crippen LogP contribution in [-0.2, 0) is 4.79 Å². The Bertz CT molecular complexity index is 1010. The van der Waals surface area contributed by atoms with Crippen LogP contribution in [0.4, 0.5) is 18.9 Å². The molecule has 0 atom stereocenters. The van der Waals surface area contributed by atoms with Gasteiger partial charge in [0, 0.05) is 23.6 Å². The summed E-state index contributed by atoms with van der Waals surface area (Å²) in [7, 11) is 0. The van der Waals surface area contributed by atoms with Crippen molar-refractivity contribution in [3.63, 3.8) is 0 Å². The van der Waals surface area contributed by atoms with Crippen molar-refractivity contribution in [1.29, 1.82) is 0 Å². The molecule has 3 rings (SSSR count). The van der Waals surface area contributed by atoms with Gasteiger partial charge in [-0.1, -0.05) is 0 Å². The number of carboxylic acids is 1. The molecular formula is C18H15F3N4O3. The number of carbonyl (C=O) groups is 2. The van der Waals surface area contributed by atoms with Crippen LogP contribution >= 0.6 is 0 Å². The van der Waals surface area contributed by atoms with Crippen molar-refractivity contribution in [2.24, 2.45) is 0 Å². The number of benzene rings is 1. The summed E-state index contributed by atoms with van der Waals surface area (Å²) < 4.78 is 31.7. The number of amides is 1. The van der Waals surface area contributed by atoms with Gasteiger partial charge in [-0.2, -0.15) is 13.2 Å². The number of hydrogen-bond donors (Lipinski definition) is 2. The zero-order chi connectivity index (χ0) is 20.9. The van der Waals surface area contributed by atoms with Crippen molar-refractivity contribution >= 4 is 28.6 Å². The third-order valence-electron chi connectivity index (χ3n) is 3.52. The number of aromatic nitrogens is 3. The second-order valence-corrected chi connectivity index (χ2v) is 5.59. The number of alkyl halides is 3. The maximum atomic E-state index is 12.2. The molecule has 0 saturated carbocycles. The first-order valence-electron chi connectivity index (χ1n) is 7.84. The number of carboxylic acid groups (broad SMARTS) is 1. The molecular weight excluding hydrogens is 377 g/mol. The molecule has 0 fully saturated rings. The van der Waals surface area contributed by atoms with Gasteiger partial charge in [-0.3, -0.25) is 9.78 Å². The second kappa shape index (κ2) is 8.42. The van der Waals surface area contributed by atoms with Crippen LogP contribution < -0.4 is 5.32 Å². The average Bonchev–Trinajstić information content (AvgIpc) is 2.63. The van der Waals surface area contributed by atoms with E-state index >= 15 is 0 Å². The molecule has 7 nitrogen and oxygen atoms in total. The third-order valence-corrected chi connectivity index (χ3v) is 3.52. The number of nitrogens with one attached hydrogen (secondary N) is 1. The Morgan fingerprint density at radius 3 is 2.04 bits per heavy atom. The SMILES string of the molecule is Cc1nc2ccc(C(=O)Nc3ccncc3)cc2nc1C.O=C(O)C(F)(F)F. The van der Waals surface area contributed by atoms with Crippen LogP contribution in [-0.4, -0.2) is 38.1 Å². The number of hydrogen-bond acceptors (Lipinski definition) is 5. The molecule has 0 spiro atoms. The molecule has 0 unspecified atom stereocenters. The smallest absolute Gasteiger partial charge is 0.475 e. The van der Waals surface area contributed by atoms with Crippen LogP contribution in [0.5, 0.6) is 0 Å². The quantitative estimate of drug-likeness (QED) is 0.691. The summed E-state index contributed by atoms with van der Waals surface area (Å²) in [6, 6.07) is 8.81. The lowest BCUT2D eigenvalue weighted by Gasteiger charge is -2.06. The number of aliphatic carboxylic acids is 1. The van der Waals surface area contributed by atoms with Gasteiger partial charge in [0.15, 0.2) is 0 Å². The zero-order valence-electron chi connectivity index (χ0n) is 14.8. The fraction of sp³-hybridized carbons (Fsp3) is 0.167. The van der Waals surface area contributed by atoms with E-state index in [9.17, 15) is 18.0 Å². The minimum Gasteiger partial charge on any atom is -0.475 e. The highest BCUT2D eigenvalue weighted by molar-refractivity contribution is 6.05. The highest BCUT2D eigenvalue weighted by atomic mass is 19.4.